The number of halogens is 1. The highest BCUT2D eigenvalue weighted by atomic mass is 19.1. The van der Waals surface area contributed by atoms with Gasteiger partial charge in [-0.1, -0.05) is 0 Å². The highest BCUT2D eigenvalue weighted by Crippen LogP contribution is 2.39. The molecule has 1 saturated heterocycles. The highest BCUT2D eigenvalue weighted by Gasteiger charge is 2.31. The molecule has 1 fully saturated rings. The van der Waals surface area contributed by atoms with Crippen LogP contribution in [0.1, 0.15) is 41.2 Å². The Morgan fingerprint density at radius 1 is 1.48 bits per heavy atom. The lowest BCUT2D eigenvalue weighted by atomic mass is 10.1. The van der Waals surface area contributed by atoms with E-state index in [9.17, 15) is 9.18 Å². The Morgan fingerprint density at radius 3 is 3.10 bits per heavy atom. The molecule has 0 spiro atoms. The number of amides is 1. The zero-order valence-electron chi connectivity index (χ0n) is 17.1. The maximum Gasteiger partial charge on any atom is 0.258 e. The molecule has 3 aromatic heterocycles. The second-order valence-corrected chi connectivity index (χ2v) is 7.25. The molecule has 0 bridgehead atoms. The third-order valence-corrected chi connectivity index (χ3v) is 5.29. The van der Waals surface area contributed by atoms with E-state index in [1.165, 1.54) is 17.7 Å². The van der Waals surface area contributed by atoms with Crippen LogP contribution in [0.3, 0.4) is 0 Å². The number of pyridine rings is 1. The van der Waals surface area contributed by atoms with Crippen molar-refractivity contribution < 1.29 is 19.0 Å². The van der Waals surface area contributed by atoms with Gasteiger partial charge in [-0.15, -0.1) is 5.10 Å². The van der Waals surface area contributed by atoms with E-state index in [-0.39, 0.29) is 24.0 Å². The molecule has 164 valence electrons. The van der Waals surface area contributed by atoms with E-state index < -0.39 is 11.7 Å². The number of carbonyl (C=O) groups excluding carboxylic acids is 1. The van der Waals surface area contributed by atoms with E-state index in [2.05, 4.69) is 20.4 Å². The monoisotopic (exact) mass is 429 g/mol. The number of nitrogen functional groups attached to an aromatic ring is 1. The van der Waals surface area contributed by atoms with Crippen molar-refractivity contribution in [3.8, 4) is 5.88 Å². The summed E-state index contributed by atoms with van der Waals surface area (Å²) in [6.45, 7) is 0.989. The maximum absolute atomic E-state index is 13.9. The van der Waals surface area contributed by atoms with Crippen LogP contribution in [0.2, 0.25) is 0 Å². The average molecular weight is 429 g/mol. The van der Waals surface area contributed by atoms with E-state index in [0.717, 1.165) is 19.0 Å². The third-order valence-electron chi connectivity index (χ3n) is 5.29. The first kappa shape index (κ1) is 20.8. The fourth-order valence-electron chi connectivity index (χ4n) is 3.90. The van der Waals surface area contributed by atoms with E-state index in [1.54, 1.807) is 12.3 Å². The molecule has 1 aliphatic heterocycles. The molecule has 31 heavy (non-hydrogen) atoms. The van der Waals surface area contributed by atoms with Crippen LogP contribution < -0.4 is 20.7 Å². The lowest BCUT2D eigenvalue weighted by Gasteiger charge is -2.26. The lowest BCUT2D eigenvalue weighted by Crippen LogP contribution is -2.26. The Labute approximate surface area is 177 Å². The van der Waals surface area contributed by atoms with Crippen LogP contribution in [-0.4, -0.2) is 57.4 Å². The Kier molecular flexibility index (Phi) is 5.85. The summed E-state index contributed by atoms with van der Waals surface area (Å²) in [7, 11) is 1.50. The average Bonchev–Trinajstić information content (AvgIpc) is 3.37. The Balaban J connectivity index is 1.70. The third kappa shape index (κ3) is 3.96. The van der Waals surface area contributed by atoms with Crippen molar-refractivity contribution >= 4 is 23.2 Å². The minimum absolute atomic E-state index is 0.0261. The summed E-state index contributed by atoms with van der Waals surface area (Å²) in [6.07, 6.45) is 4.91. The van der Waals surface area contributed by atoms with Crippen LogP contribution in [0.5, 0.6) is 5.88 Å². The van der Waals surface area contributed by atoms with E-state index in [1.807, 2.05) is 4.90 Å². The molecule has 4 rings (SSSR count). The van der Waals surface area contributed by atoms with Gasteiger partial charge in [0.15, 0.2) is 11.5 Å². The van der Waals surface area contributed by atoms with Gasteiger partial charge in [-0.2, -0.15) is 0 Å². The van der Waals surface area contributed by atoms with E-state index in [0.29, 0.717) is 42.4 Å². The molecule has 3 aromatic rings. The molecule has 1 atom stereocenters. The van der Waals surface area contributed by atoms with Crippen LogP contribution in [0, 0.1) is 5.82 Å². The van der Waals surface area contributed by atoms with Crippen LogP contribution in [0.15, 0.2) is 24.5 Å². The molecule has 0 aliphatic carbocycles. The lowest BCUT2D eigenvalue weighted by molar-refractivity contribution is 0.0953. The summed E-state index contributed by atoms with van der Waals surface area (Å²) in [5, 5.41) is 15.8. The number of hydrogen-bond donors (Lipinski definition) is 3. The highest BCUT2D eigenvalue weighted by molar-refractivity contribution is 6.04. The number of fused-ring (bicyclic) bond motifs is 1. The van der Waals surface area contributed by atoms with Crippen LogP contribution in [0.25, 0.3) is 5.65 Å². The molecule has 0 radical (unpaired) electrons. The molecule has 0 unspecified atom stereocenters. The summed E-state index contributed by atoms with van der Waals surface area (Å²) in [5.41, 5.74) is 7.13. The second kappa shape index (κ2) is 8.72. The number of hydrogen-bond acceptors (Lipinski definition) is 8. The van der Waals surface area contributed by atoms with Gasteiger partial charge in [0.2, 0.25) is 5.88 Å². The number of aliphatic hydroxyl groups excluding tert-OH is 1. The zero-order chi connectivity index (χ0) is 22.0. The molecule has 0 aromatic carbocycles. The number of aliphatic hydroxyl groups is 1. The molecule has 4 heterocycles. The first-order valence-electron chi connectivity index (χ1n) is 10.0. The molecule has 1 amide bonds. The summed E-state index contributed by atoms with van der Waals surface area (Å²) in [5.74, 6) is 0.221. The van der Waals surface area contributed by atoms with Crippen molar-refractivity contribution in [1.82, 2.24) is 24.9 Å². The van der Waals surface area contributed by atoms with E-state index >= 15 is 0 Å². The molecule has 10 nitrogen and oxygen atoms in total. The van der Waals surface area contributed by atoms with Gasteiger partial charge in [-0.3, -0.25) is 4.79 Å². The zero-order valence-corrected chi connectivity index (χ0v) is 17.1. The Hall–Kier alpha value is -3.47. The first-order valence-corrected chi connectivity index (χ1v) is 10.0. The van der Waals surface area contributed by atoms with Crippen LogP contribution in [0.4, 0.5) is 16.0 Å². The molecule has 4 N–H and O–H groups in total. The number of aromatic nitrogens is 4. The van der Waals surface area contributed by atoms with Gasteiger partial charge in [0.05, 0.1) is 19.3 Å². The topological polar surface area (TPSA) is 131 Å². The number of nitrogens with two attached hydrogens (primary N) is 1. The van der Waals surface area contributed by atoms with Crippen LogP contribution in [-0.2, 0) is 0 Å². The molecule has 11 heteroatoms. The van der Waals surface area contributed by atoms with Gasteiger partial charge >= 0.3 is 0 Å². The van der Waals surface area contributed by atoms with E-state index in [4.69, 9.17) is 15.6 Å². The summed E-state index contributed by atoms with van der Waals surface area (Å²) in [6, 6.07) is 3.05. The summed E-state index contributed by atoms with van der Waals surface area (Å²) < 4.78 is 20.7. The molecular weight excluding hydrogens is 405 g/mol. The van der Waals surface area contributed by atoms with Crippen molar-refractivity contribution in [1.29, 1.82) is 0 Å². The predicted octanol–water partition coefficient (Wildman–Crippen LogP) is 1.31. The number of rotatable bonds is 7. The van der Waals surface area contributed by atoms with Gasteiger partial charge in [-0.25, -0.2) is 18.9 Å². The largest absolute Gasteiger partial charge is 0.481 e. The van der Waals surface area contributed by atoms with Crippen molar-refractivity contribution in [2.45, 2.75) is 25.3 Å². The molecule has 1 aliphatic rings. The standard InChI is InChI=1S/C20H24FN7O3/c1-31-20-13(10-12(21)11-24-20)14-4-2-7-27(14)15-5-8-28-18(25-15)16(17(22)26-28)19(30)23-6-3-9-29/h5,8,10-11,14,29H,2-4,6-7,9H2,1H3,(H2,22,26)(H,23,30)/t14-/m1/s1. The van der Waals surface area contributed by atoms with Gasteiger partial charge in [0, 0.05) is 31.5 Å². The summed E-state index contributed by atoms with van der Waals surface area (Å²) >= 11 is 0. The normalized spacial score (nSPS) is 16.1. The smallest absolute Gasteiger partial charge is 0.258 e. The Morgan fingerprint density at radius 2 is 2.32 bits per heavy atom. The van der Waals surface area contributed by atoms with Crippen molar-refractivity contribution in [2.75, 3.05) is 37.4 Å². The number of ether oxygens (including phenoxy) is 1. The SMILES string of the molecule is COc1ncc(F)cc1[C@H]1CCCN1c1ccn2nc(N)c(C(=O)NCCCO)c2n1. The Bertz CT molecular complexity index is 1100. The van der Waals surface area contributed by atoms with Crippen molar-refractivity contribution in [2.24, 2.45) is 0 Å². The number of nitrogens with zero attached hydrogens (tertiary/aromatic N) is 5. The molecule has 0 saturated carbocycles. The van der Waals surface area contributed by atoms with Crippen molar-refractivity contribution in [3.63, 3.8) is 0 Å². The van der Waals surface area contributed by atoms with Gasteiger partial charge in [-0.05, 0) is 31.4 Å². The number of nitrogens with one attached hydrogen (secondary N) is 1. The van der Waals surface area contributed by atoms with Gasteiger partial charge in [0.25, 0.3) is 5.91 Å². The summed E-state index contributed by atoms with van der Waals surface area (Å²) in [4.78, 5) is 23.4. The predicted molar refractivity (Wildman–Crippen MR) is 112 cm³/mol. The van der Waals surface area contributed by atoms with Crippen LogP contribution >= 0.6 is 0 Å². The fourth-order valence-corrected chi connectivity index (χ4v) is 3.90. The number of anilines is 2. The minimum Gasteiger partial charge on any atom is -0.481 e. The maximum atomic E-state index is 13.9. The fraction of sp³-hybridized carbons (Fsp3) is 0.400. The second-order valence-electron chi connectivity index (χ2n) is 7.25. The number of methoxy groups -OCH3 is 1. The van der Waals surface area contributed by atoms with Crippen molar-refractivity contribution in [3.05, 3.63) is 41.5 Å². The van der Waals surface area contributed by atoms with Gasteiger partial charge < -0.3 is 25.8 Å². The number of carbonyl (C=O) groups is 1. The minimum atomic E-state index is -0.434. The first-order chi connectivity index (χ1) is 15.0. The van der Waals surface area contributed by atoms with Gasteiger partial charge in [0.1, 0.15) is 17.2 Å². The molecular formula is C20H24FN7O3. The quantitative estimate of drug-likeness (QED) is 0.479.